The maximum Gasteiger partial charge on any atom is 0.405 e. The number of benzene rings is 2. The van der Waals surface area contributed by atoms with E-state index in [1.807, 2.05) is 56.3 Å². The number of Topliss-reactive ketones (excluding diaryl/α,β-unsaturated/α-hetero) is 1. The topological polar surface area (TPSA) is 197 Å². The number of carbonyl (C=O) groups is 6. The normalized spacial score (nSPS) is 14.6. The van der Waals surface area contributed by atoms with Gasteiger partial charge in [0.15, 0.2) is 0 Å². The average Bonchev–Trinajstić information content (AvgIpc) is 2.93. The monoisotopic (exact) mass is 583 g/mol. The molecule has 0 radical (unpaired) electrons. The van der Waals surface area contributed by atoms with Gasteiger partial charge in [-0.1, -0.05) is 76.6 Å². The molecule has 5 unspecified atom stereocenters. The quantitative estimate of drug-likeness (QED) is 0.171. The molecule has 228 valence electrons. The van der Waals surface area contributed by atoms with Crippen LogP contribution in [0.2, 0.25) is 0 Å². The summed E-state index contributed by atoms with van der Waals surface area (Å²) in [5, 5.41) is 20.6. The van der Waals surface area contributed by atoms with E-state index < -0.39 is 65.6 Å². The fourth-order valence-electron chi connectivity index (χ4n) is 4.40. The van der Waals surface area contributed by atoms with Crippen molar-refractivity contribution >= 4 is 46.3 Å². The summed E-state index contributed by atoms with van der Waals surface area (Å²) in [5.74, 6) is -4.83. The van der Waals surface area contributed by atoms with E-state index in [-0.39, 0.29) is 18.8 Å². The summed E-state index contributed by atoms with van der Waals surface area (Å²) in [6.07, 6.45) is -0.663. The van der Waals surface area contributed by atoms with Crippen LogP contribution in [0.1, 0.15) is 53.0 Å². The number of ketones is 1. The van der Waals surface area contributed by atoms with Crippen LogP contribution in [0.5, 0.6) is 0 Å². The van der Waals surface area contributed by atoms with Gasteiger partial charge < -0.3 is 32.1 Å². The number of hydrogen-bond acceptors (Lipinski definition) is 6. The van der Waals surface area contributed by atoms with Crippen LogP contribution >= 0.6 is 0 Å². The second-order valence-electron chi connectivity index (χ2n) is 10.9. The molecule has 42 heavy (non-hydrogen) atoms. The largest absolute Gasteiger partial charge is 0.465 e. The van der Waals surface area contributed by atoms with Gasteiger partial charge >= 0.3 is 6.09 Å². The lowest BCUT2D eigenvalue weighted by Crippen LogP contribution is -2.58. The molecular weight excluding hydrogens is 542 g/mol. The highest BCUT2D eigenvalue weighted by atomic mass is 16.4. The zero-order valence-corrected chi connectivity index (χ0v) is 24.6. The highest BCUT2D eigenvalue weighted by Crippen LogP contribution is 2.17. The maximum absolute atomic E-state index is 13.1. The van der Waals surface area contributed by atoms with Gasteiger partial charge in [0.25, 0.3) is 5.91 Å². The molecular formula is C30H41N5O7. The fraction of sp³-hybridized carbons (Fsp3) is 0.467. The number of amides is 5. The van der Waals surface area contributed by atoms with Gasteiger partial charge in [-0.3, -0.25) is 24.0 Å². The third kappa shape index (κ3) is 9.86. The molecule has 0 aromatic heterocycles. The molecule has 0 bridgehead atoms. The first kappa shape index (κ1) is 33.7. The van der Waals surface area contributed by atoms with Crippen LogP contribution < -0.4 is 27.0 Å². The second-order valence-corrected chi connectivity index (χ2v) is 10.9. The first-order valence-corrected chi connectivity index (χ1v) is 13.9. The first-order valence-electron chi connectivity index (χ1n) is 13.9. The summed E-state index contributed by atoms with van der Waals surface area (Å²) in [4.78, 5) is 75.0. The predicted octanol–water partition coefficient (Wildman–Crippen LogP) is 1.64. The third-order valence-corrected chi connectivity index (χ3v) is 6.99. The molecule has 0 heterocycles. The lowest BCUT2D eigenvalue weighted by molar-refractivity contribution is -0.142. The summed E-state index contributed by atoms with van der Waals surface area (Å²) in [6, 6.07) is 8.63. The van der Waals surface area contributed by atoms with E-state index in [1.165, 1.54) is 6.92 Å². The number of nitrogens with two attached hydrogens (primary N) is 1. The number of carbonyl (C=O) groups excluding carboxylic acids is 5. The fourth-order valence-corrected chi connectivity index (χ4v) is 4.40. The molecule has 0 saturated heterocycles. The van der Waals surface area contributed by atoms with E-state index in [0.717, 1.165) is 16.3 Å². The SMILES string of the molecule is CCC(C)C(NC(=O)C(CC(C)C)NC(=O)O)C(=O)C(=O)NC(C)C(=O)NC(Cc1ccc2ccccc2c1)C(N)=O. The van der Waals surface area contributed by atoms with Crippen molar-refractivity contribution in [3.8, 4) is 0 Å². The Morgan fingerprint density at radius 1 is 0.810 bits per heavy atom. The smallest absolute Gasteiger partial charge is 0.405 e. The third-order valence-electron chi connectivity index (χ3n) is 6.99. The van der Waals surface area contributed by atoms with Crippen molar-refractivity contribution in [2.75, 3.05) is 0 Å². The minimum Gasteiger partial charge on any atom is -0.465 e. The van der Waals surface area contributed by atoms with Crippen molar-refractivity contribution in [3.05, 3.63) is 48.0 Å². The standard InChI is InChI=1S/C30H41N5O7/c1-6-17(4)24(35-28(39)23(13-16(2)3)34-30(41)42)25(36)29(40)32-18(5)27(38)33-22(26(31)37)15-19-11-12-20-9-7-8-10-21(20)14-19/h7-12,14,16-18,22-24,34H,6,13,15H2,1-5H3,(H2,31,37)(H,32,40)(H,33,38)(H,35,39)(H,41,42). The minimum absolute atomic E-state index is 0.0292. The van der Waals surface area contributed by atoms with Gasteiger partial charge in [-0.25, -0.2) is 4.79 Å². The Morgan fingerprint density at radius 2 is 1.45 bits per heavy atom. The average molecular weight is 584 g/mol. The molecule has 0 saturated carbocycles. The molecule has 0 aliphatic carbocycles. The van der Waals surface area contributed by atoms with Gasteiger partial charge in [0.2, 0.25) is 23.5 Å². The molecule has 2 rings (SSSR count). The van der Waals surface area contributed by atoms with Crippen LogP contribution in [0.4, 0.5) is 4.79 Å². The van der Waals surface area contributed by atoms with Crippen molar-refractivity contribution in [1.82, 2.24) is 21.3 Å². The number of carboxylic acid groups (broad SMARTS) is 1. The van der Waals surface area contributed by atoms with Gasteiger partial charge in [-0.2, -0.15) is 0 Å². The van der Waals surface area contributed by atoms with Crippen LogP contribution in [-0.2, 0) is 30.4 Å². The maximum atomic E-state index is 13.1. The summed E-state index contributed by atoms with van der Waals surface area (Å²) in [6.45, 7) is 8.41. The van der Waals surface area contributed by atoms with Gasteiger partial charge in [-0.05, 0) is 41.5 Å². The summed E-state index contributed by atoms with van der Waals surface area (Å²) >= 11 is 0. The van der Waals surface area contributed by atoms with Gasteiger partial charge in [0, 0.05) is 6.42 Å². The minimum atomic E-state index is -1.39. The Hall–Kier alpha value is -4.48. The Bertz CT molecular complexity index is 1310. The molecule has 0 aliphatic rings. The zero-order valence-electron chi connectivity index (χ0n) is 24.6. The lowest BCUT2D eigenvalue weighted by Gasteiger charge is -2.26. The van der Waals surface area contributed by atoms with E-state index >= 15 is 0 Å². The van der Waals surface area contributed by atoms with Crippen LogP contribution in [0.15, 0.2) is 42.5 Å². The van der Waals surface area contributed by atoms with Crippen molar-refractivity contribution in [3.63, 3.8) is 0 Å². The van der Waals surface area contributed by atoms with Gasteiger partial charge in [0.05, 0.1) is 6.04 Å². The van der Waals surface area contributed by atoms with Crippen molar-refractivity contribution in [1.29, 1.82) is 0 Å². The van der Waals surface area contributed by atoms with E-state index in [0.29, 0.717) is 6.42 Å². The molecule has 0 fully saturated rings. The van der Waals surface area contributed by atoms with Crippen LogP contribution in [0, 0.1) is 11.8 Å². The van der Waals surface area contributed by atoms with Crippen molar-refractivity contribution in [2.24, 2.45) is 17.6 Å². The lowest BCUT2D eigenvalue weighted by atomic mass is 9.93. The Balaban J connectivity index is 2.08. The molecule has 7 N–H and O–H groups in total. The first-order chi connectivity index (χ1) is 19.7. The number of nitrogens with one attached hydrogen (secondary N) is 4. The van der Waals surface area contributed by atoms with Crippen molar-refractivity contribution < 1.29 is 33.9 Å². The predicted molar refractivity (Wildman–Crippen MR) is 157 cm³/mol. The van der Waals surface area contributed by atoms with Crippen LogP contribution in [-0.4, -0.2) is 64.8 Å². The summed E-state index contributed by atoms with van der Waals surface area (Å²) in [7, 11) is 0. The van der Waals surface area contributed by atoms with E-state index in [2.05, 4.69) is 21.3 Å². The number of hydrogen-bond donors (Lipinski definition) is 6. The van der Waals surface area contributed by atoms with Crippen LogP contribution in [0.3, 0.4) is 0 Å². The molecule has 5 atom stereocenters. The molecule has 0 spiro atoms. The number of fused-ring (bicyclic) bond motifs is 1. The summed E-state index contributed by atoms with van der Waals surface area (Å²) < 4.78 is 0. The van der Waals surface area contributed by atoms with E-state index in [9.17, 15) is 28.8 Å². The molecule has 5 amide bonds. The second kappa shape index (κ2) is 15.5. The van der Waals surface area contributed by atoms with Gasteiger partial charge in [-0.15, -0.1) is 0 Å². The Morgan fingerprint density at radius 3 is 2.02 bits per heavy atom. The Labute approximate surface area is 245 Å². The summed E-state index contributed by atoms with van der Waals surface area (Å²) in [5.41, 5.74) is 6.31. The van der Waals surface area contributed by atoms with Crippen molar-refractivity contribution in [2.45, 2.75) is 78.0 Å². The number of primary amides is 1. The number of rotatable bonds is 15. The molecule has 0 aliphatic heterocycles. The van der Waals surface area contributed by atoms with E-state index in [4.69, 9.17) is 10.8 Å². The van der Waals surface area contributed by atoms with Gasteiger partial charge in [0.1, 0.15) is 18.1 Å². The Kier molecular flexibility index (Phi) is 12.4. The molecule has 2 aromatic carbocycles. The molecule has 2 aromatic rings. The highest BCUT2D eigenvalue weighted by molar-refractivity contribution is 6.39. The molecule has 12 heteroatoms. The van der Waals surface area contributed by atoms with E-state index in [1.54, 1.807) is 13.8 Å². The zero-order chi connectivity index (χ0) is 31.6. The molecule has 12 nitrogen and oxygen atoms in total. The highest BCUT2D eigenvalue weighted by Gasteiger charge is 2.34. The van der Waals surface area contributed by atoms with Crippen LogP contribution in [0.25, 0.3) is 10.8 Å².